The Hall–Kier alpha value is -1.88. The Morgan fingerprint density at radius 1 is 1.04 bits per heavy atom. The molecule has 0 aliphatic heterocycles. The Labute approximate surface area is 147 Å². The second kappa shape index (κ2) is 10.8. The van der Waals surface area contributed by atoms with Crippen LogP contribution >= 0.6 is 11.6 Å². The minimum Gasteiger partial charge on any atom is -0.434 e. The van der Waals surface area contributed by atoms with Crippen LogP contribution in [0.5, 0.6) is 5.75 Å². The standard InChI is InChI=1S/C18H23ClO5/c1-3-5-6-7-8-9-15(20)13-10-11-16(14(12-13)17(19)21)24-18(22)23-4-2/h10-12H,3-9H2,1-2H3. The highest BCUT2D eigenvalue weighted by molar-refractivity contribution is 6.68. The van der Waals surface area contributed by atoms with Crippen molar-refractivity contribution in [2.75, 3.05) is 6.61 Å². The number of halogens is 1. The molecule has 1 aromatic carbocycles. The average molecular weight is 355 g/mol. The van der Waals surface area contributed by atoms with Crippen LogP contribution in [0.4, 0.5) is 4.79 Å². The van der Waals surface area contributed by atoms with Crippen LogP contribution in [0, 0.1) is 0 Å². The van der Waals surface area contributed by atoms with Crippen molar-refractivity contribution < 1.29 is 23.9 Å². The van der Waals surface area contributed by atoms with E-state index in [9.17, 15) is 14.4 Å². The van der Waals surface area contributed by atoms with Gasteiger partial charge in [-0.05, 0) is 43.1 Å². The van der Waals surface area contributed by atoms with E-state index in [0.717, 1.165) is 25.7 Å². The van der Waals surface area contributed by atoms with Crippen LogP contribution in [0.25, 0.3) is 0 Å². The Kier molecular flexibility index (Phi) is 9.08. The molecule has 0 aliphatic rings. The van der Waals surface area contributed by atoms with Crippen molar-refractivity contribution in [3.05, 3.63) is 29.3 Å². The number of rotatable bonds is 10. The normalized spacial score (nSPS) is 10.3. The summed E-state index contributed by atoms with van der Waals surface area (Å²) in [6, 6.07) is 4.27. The van der Waals surface area contributed by atoms with Crippen molar-refractivity contribution in [2.24, 2.45) is 0 Å². The van der Waals surface area contributed by atoms with Gasteiger partial charge in [0.2, 0.25) is 0 Å². The summed E-state index contributed by atoms with van der Waals surface area (Å²) in [6.45, 7) is 3.92. The van der Waals surface area contributed by atoms with E-state index < -0.39 is 11.4 Å². The predicted molar refractivity (Wildman–Crippen MR) is 92.0 cm³/mol. The van der Waals surface area contributed by atoms with Crippen LogP contribution in [0.2, 0.25) is 0 Å². The van der Waals surface area contributed by atoms with Gasteiger partial charge >= 0.3 is 6.16 Å². The quantitative estimate of drug-likeness (QED) is 0.191. The van der Waals surface area contributed by atoms with Crippen LogP contribution in [0.1, 0.15) is 73.1 Å². The first-order chi connectivity index (χ1) is 11.5. The number of ketones is 1. The fourth-order valence-electron chi connectivity index (χ4n) is 2.22. The number of benzene rings is 1. The second-order valence-electron chi connectivity index (χ2n) is 5.36. The first-order valence-electron chi connectivity index (χ1n) is 8.21. The third-order valence-electron chi connectivity index (χ3n) is 3.48. The number of Topliss-reactive ketones (excluding diaryl/α,β-unsaturated/α-hetero) is 1. The molecule has 0 radical (unpaired) electrons. The Morgan fingerprint density at radius 2 is 1.75 bits per heavy atom. The summed E-state index contributed by atoms with van der Waals surface area (Å²) < 4.78 is 9.59. The van der Waals surface area contributed by atoms with Crippen LogP contribution in [-0.2, 0) is 4.74 Å². The third kappa shape index (κ3) is 6.71. The molecule has 0 N–H and O–H groups in total. The molecule has 0 fully saturated rings. The van der Waals surface area contributed by atoms with E-state index in [1.807, 2.05) is 0 Å². The number of hydrogen-bond donors (Lipinski definition) is 0. The van der Waals surface area contributed by atoms with Gasteiger partial charge in [-0.2, -0.15) is 0 Å². The number of carbonyl (C=O) groups is 3. The van der Waals surface area contributed by atoms with Crippen molar-refractivity contribution in [1.29, 1.82) is 0 Å². The molecule has 0 heterocycles. The summed E-state index contributed by atoms with van der Waals surface area (Å²) >= 11 is 5.52. The molecule has 0 bridgehead atoms. The van der Waals surface area contributed by atoms with E-state index in [1.54, 1.807) is 6.92 Å². The van der Waals surface area contributed by atoms with Crippen LogP contribution < -0.4 is 4.74 Å². The summed E-state index contributed by atoms with van der Waals surface area (Å²) in [6.07, 6.45) is 4.73. The molecule has 0 amide bonds. The maximum atomic E-state index is 12.2. The molecule has 0 saturated heterocycles. The molecule has 132 valence electrons. The highest BCUT2D eigenvalue weighted by atomic mass is 35.5. The molecular formula is C18H23ClO5. The van der Waals surface area contributed by atoms with Crippen molar-refractivity contribution in [3.8, 4) is 5.75 Å². The van der Waals surface area contributed by atoms with Crippen molar-refractivity contribution in [2.45, 2.75) is 52.4 Å². The molecule has 0 unspecified atom stereocenters. The Bertz CT molecular complexity index is 583. The fourth-order valence-corrected chi connectivity index (χ4v) is 2.36. The first-order valence-corrected chi connectivity index (χ1v) is 8.59. The zero-order valence-electron chi connectivity index (χ0n) is 14.1. The zero-order valence-corrected chi connectivity index (χ0v) is 14.9. The summed E-state index contributed by atoms with van der Waals surface area (Å²) in [7, 11) is 0. The van der Waals surface area contributed by atoms with Gasteiger partial charge in [0.05, 0.1) is 12.2 Å². The number of ether oxygens (including phenoxy) is 2. The molecule has 6 heteroatoms. The lowest BCUT2D eigenvalue weighted by Gasteiger charge is -2.09. The highest BCUT2D eigenvalue weighted by Crippen LogP contribution is 2.24. The van der Waals surface area contributed by atoms with Gasteiger partial charge in [-0.15, -0.1) is 0 Å². The van der Waals surface area contributed by atoms with Crippen LogP contribution in [0.3, 0.4) is 0 Å². The lowest BCUT2D eigenvalue weighted by Crippen LogP contribution is -2.12. The maximum absolute atomic E-state index is 12.2. The minimum absolute atomic E-state index is 0.0204. The maximum Gasteiger partial charge on any atom is 0.513 e. The molecule has 0 atom stereocenters. The Balaban J connectivity index is 2.76. The van der Waals surface area contributed by atoms with Gasteiger partial charge in [-0.1, -0.05) is 32.6 Å². The van der Waals surface area contributed by atoms with Gasteiger partial charge in [-0.25, -0.2) is 4.79 Å². The van der Waals surface area contributed by atoms with Crippen molar-refractivity contribution in [3.63, 3.8) is 0 Å². The molecule has 0 aliphatic carbocycles. The topological polar surface area (TPSA) is 69.7 Å². The van der Waals surface area contributed by atoms with Crippen molar-refractivity contribution >= 4 is 28.8 Å². The van der Waals surface area contributed by atoms with Crippen molar-refractivity contribution in [1.82, 2.24) is 0 Å². The molecule has 0 aromatic heterocycles. The third-order valence-corrected chi connectivity index (χ3v) is 3.68. The van der Waals surface area contributed by atoms with Crippen LogP contribution in [0.15, 0.2) is 18.2 Å². The van der Waals surface area contributed by atoms with Gasteiger partial charge in [0, 0.05) is 12.0 Å². The molecule has 0 saturated carbocycles. The summed E-state index contributed by atoms with van der Waals surface area (Å²) in [4.78, 5) is 35.1. The Morgan fingerprint density at radius 3 is 2.38 bits per heavy atom. The van der Waals surface area contributed by atoms with Gasteiger partial charge in [0.15, 0.2) is 5.78 Å². The van der Waals surface area contributed by atoms with E-state index in [4.69, 9.17) is 16.3 Å². The van der Waals surface area contributed by atoms with Gasteiger partial charge in [-0.3, -0.25) is 9.59 Å². The van der Waals surface area contributed by atoms with E-state index in [-0.39, 0.29) is 23.7 Å². The summed E-state index contributed by atoms with van der Waals surface area (Å²) in [5.74, 6) is -0.0821. The van der Waals surface area contributed by atoms with E-state index in [0.29, 0.717) is 12.0 Å². The number of unbranched alkanes of at least 4 members (excludes halogenated alkanes) is 4. The molecule has 24 heavy (non-hydrogen) atoms. The van der Waals surface area contributed by atoms with Gasteiger partial charge in [0.25, 0.3) is 5.24 Å². The first kappa shape index (κ1) is 20.2. The molecule has 0 spiro atoms. The van der Waals surface area contributed by atoms with E-state index >= 15 is 0 Å². The second-order valence-corrected chi connectivity index (χ2v) is 5.70. The summed E-state index contributed by atoms with van der Waals surface area (Å²) in [5.41, 5.74) is 0.354. The lowest BCUT2D eigenvalue weighted by atomic mass is 10.0. The van der Waals surface area contributed by atoms with Crippen LogP contribution in [-0.4, -0.2) is 23.8 Å². The lowest BCUT2D eigenvalue weighted by molar-refractivity contribution is 0.0979. The predicted octanol–water partition coefficient (Wildman–Crippen LogP) is 5.14. The van der Waals surface area contributed by atoms with E-state index in [1.165, 1.54) is 24.6 Å². The molecule has 5 nitrogen and oxygen atoms in total. The zero-order chi connectivity index (χ0) is 17.9. The highest BCUT2D eigenvalue weighted by Gasteiger charge is 2.17. The summed E-state index contributed by atoms with van der Waals surface area (Å²) in [5, 5.41) is -0.799. The molecule has 1 aromatic rings. The van der Waals surface area contributed by atoms with Gasteiger partial charge < -0.3 is 9.47 Å². The molecular weight excluding hydrogens is 332 g/mol. The molecule has 1 rings (SSSR count). The smallest absolute Gasteiger partial charge is 0.434 e. The number of carbonyl (C=O) groups excluding carboxylic acids is 3. The minimum atomic E-state index is -0.924. The SMILES string of the molecule is CCCCCCCC(=O)c1ccc(OC(=O)OCC)c(C(=O)Cl)c1. The fraction of sp³-hybridized carbons (Fsp3) is 0.500. The largest absolute Gasteiger partial charge is 0.513 e. The average Bonchev–Trinajstić information content (AvgIpc) is 2.54. The number of hydrogen-bond acceptors (Lipinski definition) is 5. The van der Waals surface area contributed by atoms with Gasteiger partial charge in [0.1, 0.15) is 5.75 Å². The van der Waals surface area contributed by atoms with E-state index in [2.05, 4.69) is 11.7 Å². The monoisotopic (exact) mass is 354 g/mol.